The van der Waals surface area contributed by atoms with Crippen molar-refractivity contribution >= 4 is 12.1 Å². The molecule has 1 aromatic heterocycles. The Morgan fingerprint density at radius 2 is 1.80 bits per heavy atom. The SMILES string of the molecule is COC(=O)C1CCN(Cc2nc(C)c(C3CN(C(=O)OC(C)(C)C)C3)cc2C)CC1. The van der Waals surface area contributed by atoms with E-state index in [-0.39, 0.29) is 18.0 Å². The van der Waals surface area contributed by atoms with E-state index in [0.717, 1.165) is 43.9 Å². The molecule has 2 saturated heterocycles. The van der Waals surface area contributed by atoms with Crippen LogP contribution < -0.4 is 0 Å². The first-order valence-electron chi connectivity index (χ1n) is 10.8. The van der Waals surface area contributed by atoms with Crippen molar-refractivity contribution < 1.29 is 19.1 Å². The third kappa shape index (κ3) is 5.31. The van der Waals surface area contributed by atoms with Crippen LogP contribution in [-0.2, 0) is 20.8 Å². The lowest BCUT2D eigenvalue weighted by Gasteiger charge is -2.40. The molecule has 0 N–H and O–H groups in total. The van der Waals surface area contributed by atoms with E-state index in [1.54, 1.807) is 4.90 Å². The van der Waals surface area contributed by atoms with Crippen molar-refractivity contribution in [3.8, 4) is 0 Å². The standard InChI is InChI=1S/C23H35N3O4/c1-15-11-19(18-12-26(13-18)22(28)30-23(3,4)5)16(2)24-20(15)14-25-9-7-17(8-10-25)21(27)29-6/h11,17-18H,7-10,12-14H2,1-6H3. The quantitative estimate of drug-likeness (QED) is 0.699. The summed E-state index contributed by atoms with van der Waals surface area (Å²) in [7, 11) is 1.46. The first-order valence-corrected chi connectivity index (χ1v) is 10.8. The predicted molar refractivity (Wildman–Crippen MR) is 114 cm³/mol. The summed E-state index contributed by atoms with van der Waals surface area (Å²) in [4.78, 5) is 32.9. The number of amides is 1. The lowest BCUT2D eigenvalue weighted by atomic mass is 9.89. The second-order valence-electron chi connectivity index (χ2n) is 9.58. The lowest BCUT2D eigenvalue weighted by Crippen LogP contribution is -2.50. The third-order valence-corrected chi connectivity index (χ3v) is 6.02. The van der Waals surface area contributed by atoms with Gasteiger partial charge in [0, 0.05) is 31.2 Å². The third-order valence-electron chi connectivity index (χ3n) is 6.02. The molecule has 166 valence electrons. The molecule has 2 fully saturated rings. The lowest BCUT2D eigenvalue weighted by molar-refractivity contribution is -0.147. The molecule has 30 heavy (non-hydrogen) atoms. The monoisotopic (exact) mass is 417 g/mol. The first kappa shape index (κ1) is 22.5. The van der Waals surface area contributed by atoms with Crippen LogP contribution >= 0.6 is 0 Å². The molecule has 3 heterocycles. The van der Waals surface area contributed by atoms with Crippen molar-refractivity contribution in [3.05, 3.63) is 28.6 Å². The summed E-state index contributed by atoms with van der Waals surface area (Å²) in [6, 6.07) is 2.23. The Morgan fingerprint density at radius 1 is 1.17 bits per heavy atom. The Labute approximate surface area is 179 Å². The molecule has 2 aliphatic rings. The summed E-state index contributed by atoms with van der Waals surface area (Å²) in [5, 5.41) is 0. The summed E-state index contributed by atoms with van der Waals surface area (Å²) >= 11 is 0. The summed E-state index contributed by atoms with van der Waals surface area (Å²) in [6.45, 7) is 13.7. The molecule has 3 rings (SSSR count). The molecule has 1 amide bonds. The second kappa shape index (κ2) is 8.92. The van der Waals surface area contributed by atoms with Gasteiger partial charge in [0.05, 0.1) is 18.7 Å². The van der Waals surface area contributed by atoms with Crippen molar-refractivity contribution in [1.82, 2.24) is 14.8 Å². The maximum absolute atomic E-state index is 12.2. The van der Waals surface area contributed by atoms with E-state index in [1.807, 2.05) is 20.8 Å². The van der Waals surface area contributed by atoms with Crippen LogP contribution in [0.1, 0.15) is 62.0 Å². The summed E-state index contributed by atoms with van der Waals surface area (Å²) in [5.74, 6) is 0.245. The van der Waals surface area contributed by atoms with Gasteiger partial charge in [-0.2, -0.15) is 0 Å². The molecule has 0 unspecified atom stereocenters. The highest BCUT2D eigenvalue weighted by atomic mass is 16.6. The number of hydrogen-bond acceptors (Lipinski definition) is 6. The Balaban J connectivity index is 1.57. The van der Waals surface area contributed by atoms with E-state index in [4.69, 9.17) is 14.5 Å². The Hall–Kier alpha value is -2.15. The van der Waals surface area contributed by atoms with Crippen LogP contribution in [0.3, 0.4) is 0 Å². The van der Waals surface area contributed by atoms with Crippen molar-refractivity contribution in [2.45, 2.75) is 65.5 Å². The van der Waals surface area contributed by atoms with Crippen LogP contribution in [0.15, 0.2) is 6.07 Å². The minimum absolute atomic E-state index is 0.0240. The van der Waals surface area contributed by atoms with Gasteiger partial charge in [0.25, 0.3) is 0 Å². The smallest absolute Gasteiger partial charge is 0.410 e. The summed E-state index contributed by atoms with van der Waals surface area (Å²) in [5.41, 5.74) is 4.07. The number of piperidine rings is 1. The Kier molecular flexibility index (Phi) is 6.70. The Morgan fingerprint density at radius 3 is 2.37 bits per heavy atom. The predicted octanol–water partition coefficient (Wildman–Crippen LogP) is 3.42. The maximum atomic E-state index is 12.2. The highest BCUT2D eigenvalue weighted by Crippen LogP contribution is 2.31. The number of likely N-dealkylation sites (tertiary alicyclic amines) is 2. The molecule has 2 aliphatic heterocycles. The number of esters is 1. The van der Waals surface area contributed by atoms with Crippen molar-refractivity contribution in [1.29, 1.82) is 0 Å². The summed E-state index contributed by atoms with van der Waals surface area (Å²) in [6.07, 6.45) is 1.43. The molecule has 0 saturated carbocycles. The van der Waals surface area contributed by atoms with Crippen LogP contribution in [0.4, 0.5) is 4.79 Å². The fourth-order valence-electron chi connectivity index (χ4n) is 4.21. The van der Waals surface area contributed by atoms with Gasteiger partial charge in [-0.1, -0.05) is 6.07 Å². The van der Waals surface area contributed by atoms with Gasteiger partial charge in [0.15, 0.2) is 0 Å². The number of aromatic nitrogens is 1. The van der Waals surface area contributed by atoms with Gasteiger partial charge in [0.1, 0.15) is 5.60 Å². The number of aryl methyl sites for hydroxylation is 2. The fourth-order valence-corrected chi connectivity index (χ4v) is 4.21. The van der Waals surface area contributed by atoms with Gasteiger partial charge < -0.3 is 14.4 Å². The van der Waals surface area contributed by atoms with Gasteiger partial charge in [-0.3, -0.25) is 14.7 Å². The van der Waals surface area contributed by atoms with Crippen LogP contribution in [0, 0.1) is 19.8 Å². The minimum atomic E-state index is -0.469. The van der Waals surface area contributed by atoms with E-state index in [2.05, 4.69) is 24.8 Å². The van der Waals surface area contributed by atoms with Gasteiger partial charge in [-0.15, -0.1) is 0 Å². The van der Waals surface area contributed by atoms with E-state index >= 15 is 0 Å². The number of ether oxygens (including phenoxy) is 2. The van der Waals surface area contributed by atoms with E-state index < -0.39 is 5.60 Å². The molecule has 7 heteroatoms. The fraction of sp³-hybridized carbons (Fsp3) is 0.696. The molecule has 0 atom stereocenters. The Bertz CT molecular complexity index is 788. The molecule has 0 aromatic carbocycles. The molecular formula is C23H35N3O4. The zero-order valence-electron chi connectivity index (χ0n) is 19.2. The molecule has 0 spiro atoms. The zero-order valence-corrected chi connectivity index (χ0v) is 19.2. The number of methoxy groups -OCH3 is 1. The number of carbonyl (C=O) groups is 2. The van der Waals surface area contributed by atoms with Crippen LogP contribution in [-0.4, -0.2) is 65.7 Å². The van der Waals surface area contributed by atoms with E-state index in [1.165, 1.54) is 18.2 Å². The molecular weight excluding hydrogens is 382 g/mol. The normalized spacial score (nSPS) is 18.8. The van der Waals surface area contributed by atoms with Crippen LogP contribution in [0.5, 0.6) is 0 Å². The highest BCUT2D eigenvalue weighted by Gasteiger charge is 2.35. The maximum Gasteiger partial charge on any atom is 0.410 e. The summed E-state index contributed by atoms with van der Waals surface area (Å²) < 4.78 is 10.3. The average Bonchev–Trinajstić information content (AvgIpc) is 2.62. The highest BCUT2D eigenvalue weighted by molar-refractivity contribution is 5.72. The van der Waals surface area contributed by atoms with Gasteiger partial charge >= 0.3 is 12.1 Å². The minimum Gasteiger partial charge on any atom is -0.469 e. The number of carbonyl (C=O) groups excluding carboxylic acids is 2. The van der Waals surface area contributed by atoms with Crippen molar-refractivity contribution in [2.24, 2.45) is 5.92 Å². The first-order chi connectivity index (χ1) is 14.1. The average molecular weight is 418 g/mol. The number of nitrogens with zero attached hydrogens (tertiary/aromatic N) is 3. The van der Waals surface area contributed by atoms with E-state index in [9.17, 15) is 9.59 Å². The van der Waals surface area contributed by atoms with Gasteiger partial charge in [0.2, 0.25) is 0 Å². The van der Waals surface area contributed by atoms with Crippen molar-refractivity contribution in [2.75, 3.05) is 33.3 Å². The topological polar surface area (TPSA) is 72.0 Å². The molecule has 0 aliphatic carbocycles. The van der Waals surface area contributed by atoms with Gasteiger partial charge in [-0.25, -0.2) is 4.79 Å². The van der Waals surface area contributed by atoms with E-state index in [0.29, 0.717) is 19.0 Å². The molecule has 1 aromatic rings. The van der Waals surface area contributed by atoms with Crippen molar-refractivity contribution in [3.63, 3.8) is 0 Å². The molecule has 0 bridgehead atoms. The van der Waals surface area contributed by atoms with Crippen LogP contribution in [0.2, 0.25) is 0 Å². The zero-order chi connectivity index (χ0) is 22.1. The van der Waals surface area contributed by atoms with Gasteiger partial charge in [-0.05, 0) is 71.7 Å². The largest absolute Gasteiger partial charge is 0.469 e. The van der Waals surface area contributed by atoms with Crippen LogP contribution in [0.25, 0.3) is 0 Å². The molecule has 7 nitrogen and oxygen atoms in total. The number of pyridine rings is 1. The number of hydrogen-bond donors (Lipinski definition) is 0. The second-order valence-corrected chi connectivity index (χ2v) is 9.58. The number of rotatable bonds is 4. The molecule has 0 radical (unpaired) electrons.